The predicted octanol–water partition coefficient (Wildman–Crippen LogP) is 2.59. The Morgan fingerprint density at radius 3 is 2.79 bits per heavy atom. The molecule has 12 heteroatoms. The minimum Gasteiger partial charge on any atom is -0.305 e. The molecule has 2 aliphatic rings. The molecular formula is C17H19F3N6O2S. The van der Waals surface area contributed by atoms with Gasteiger partial charge < -0.3 is 5.32 Å². The summed E-state index contributed by atoms with van der Waals surface area (Å²) in [6, 6.07) is -1.11. The second-order valence-electron chi connectivity index (χ2n) is 7.13. The van der Waals surface area contributed by atoms with Gasteiger partial charge in [0, 0.05) is 24.2 Å². The molecule has 2 heterocycles. The van der Waals surface area contributed by atoms with Crippen LogP contribution in [-0.4, -0.2) is 30.9 Å². The van der Waals surface area contributed by atoms with Crippen LogP contribution in [0.1, 0.15) is 35.9 Å². The maximum atomic E-state index is 14.0. The lowest BCUT2D eigenvalue weighted by Crippen LogP contribution is -2.20. The predicted molar refractivity (Wildman–Crippen MR) is 98.5 cm³/mol. The van der Waals surface area contributed by atoms with Gasteiger partial charge >= 0.3 is 6.03 Å². The van der Waals surface area contributed by atoms with Crippen molar-refractivity contribution >= 4 is 21.6 Å². The molecule has 29 heavy (non-hydrogen) atoms. The minimum absolute atomic E-state index is 0.225. The molecule has 0 bridgehead atoms. The average molecular weight is 428 g/mol. The molecule has 1 atom stereocenters. The number of hydrogen-bond acceptors (Lipinski definition) is 4. The number of anilines is 1. The molecule has 0 saturated carbocycles. The summed E-state index contributed by atoms with van der Waals surface area (Å²) in [6.07, 6.45) is 1.94. The first-order valence-electron chi connectivity index (χ1n) is 9.10. The smallest absolute Gasteiger partial charge is 0.305 e. The molecule has 2 aromatic rings. The standard InChI is InChI=1S/C17H19F3N6O2S/c1-2-26-8-11(18)15(24-26)29(21,28)25-16(27)23-14-9-4-3-5-12(9)22-13-7-17(19,20)6-10(13)14/h8H,2-7H2,1H3,(H3,21,22,23,25,27,28). The largest absolute Gasteiger partial charge is 0.354 e. The lowest BCUT2D eigenvalue weighted by atomic mass is 10.1. The molecule has 0 fully saturated rings. The van der Waals surface area contributed by atoms with Crippen molar-refractivity contribution in [2.24, 2.45) is 9.50 Å². The second-order valence-corrected chi connectivity index (χ2v) is 8.83. The highest BCUT2D eigenvalue weighted by molar-refractivity contribution is 7.91. The summed E-state index contributed by atoms with van der Waals surface area (Å²) in [6.45, 7) is 2.00. The number of aromatic nitrogens is 3. The van der Waals surface area contributed by atoms with Gasteiger partial charge in [-0.25, -0.2) is 27.3 Å². The summed E-state index contributed by atoms with van der Waals surface area (Å²) in [5.74, 6) is -3.89. The number of aryl methyl sites for hydroxylation is 2. The van der Waals surface area contributed by atoms with Gasteiger partial charge in [0.2, 0.25) is 5.03 Å². The van der Waals surface area contributed by atoms with Crippen molar-refractivity contribution in [3.05, 3.63) is 34.5 Å². The van der Waals surface area contributed by atoms with E-state index in [0.717, 1.165) is 12.6 Å². The fourth-order valence-corrected chi connectivity index (χ4v) is 4.70. The maximum Gasteiger partial charge on any atom is 0.354 e. The molecule has 2 aliphatic carbocycles. The number of halogens is 3. The van der Waals surface area contributed by atoms with Crippen LogP contribution in [0.3, 0.4) is 0 Å². The average Bonchev–Trinajstić information content (AvgIpc) is 3.29. The van der Waals surface area contributed by atoms with Crippen LogP contribution in [0, 0.1) is 5.82 Å². The summed E-state index contributed by atoms with van der Waals surface area (Å²) in [5, 5.41) is 11.2. The Kier molecular flexibility index (Phi) is 4.65. The van der Waals surface area contributed by atoms with Crippen LogP contribution in [0.15, 0.2) is 15.6 Å². The van der Waals surface area contributed by atoms with E-state index in [9.17, 15) is 22.2 Å². The Morgan fingerprint density at radius 2 is 2.10 bits per heavy atom. The number of nitrogens with zero attached hydrogens (tertiary/aromatic N) is 4. The molecule has 0 aromatic carbocycles. The lowest BCUT2D eigenvalue weighted by Gasteiger charge is -2.14. The van der Waals surface area contributed by atoms with Crippen molar-refractivity contribution in [3.63, 3.8) is 0 Å². The number of carbonyl (C=O) groups is 1. The summed E-state index contributed by atoms with van der Waals surface area (Å²) < 4.78 is 59.0. The zero-order chi connectivity index (χ0) is 21.0. The van der Waals surface area contributed by atoms with Crippen molar-refractivity contribution in [1.82, 2.24) is 14.8 Å². The van der Waals surface area contributed by atoms with Crippen molar-refractivity contribution in [3.8, 4) is 0 Å². The molecule has 0 spiro atoms. The molecule has 0 radical (unpaired) electrons. The monoisotopic (exact) mass is 428 g/mol. The van der Waals surface area contributed by atoms with Gasteiger partial charge in [-0.05, 0) is 31.7 Å². The summed E-state index contributed by atoms with van der Waals surface area (Å²) in [7, 11) is -3.96. The highest BCUT2D eigenvalue weighted by Crippen LogP contribution is 2.41. The first-order chi connectivity index (χ1) is 13.6. The molecule has 1 unspecified atom stereocenters. The van der Waals surface area contributed by atoms with Crippen LogP contribution in [0.2, 0.25) is 0 Å². The minimum atomic E-state index is -3.96. The van der Waals surface area contributed by atoms with Crippen LogP contribution in [-0.2, 0) is 42.1 Å². The lowest BCUT2D eigenvalue weighted by molar-refractivity contribution is 0.0126. The number of hydrogen-bond donors (Lipinski definition) is 2. The third-order valence-electron chi connectivity index (χ3n) is 5.01. The fourth-order valence-electron chi connectivity index (χ4n) is 3.77. The Bertz CT molecular complexity index is 1140. The number of amides is 2. The van der Waals surface area contributed by atoms with Gasteiger partial charge in [-0.2, -0.15) is 5.10 Å². The van der Waals surface area contributed by atoms with Crippen molar-refractivity contribution in [2.75, 3.05) is 5.32 Å². The topological polar surface area (TPSA) is 115 Å². The first-order valence-corrected chi connectivity index (χ1v) is 10.7. The number of urea groups is 1. The zero-order valence-corrected chi connectivity index (χ0v) is 16.4. The van der Waals surface area contributed by atoms with E-state index >= 15 is 0 Å². The van der Waals surface area contributed by atoms with E-state index in [1.54, 1.807) is 6.92 Å². The van der Waals surface area contributed by atoms with Crippen molar-refractivity contribution in [1.29, 1.82) is 0 Å². The molecule has 156 valence electrons. The van der Waals surface area contributed by atoms with E-state index in [4.69, 9.17) is 5.14 Å². The van der Waals surface area contributed by atoms with Crippen LogP contribution in [0.4, 0.5) is 23.7 Å². The van der Waals surface area contributed by atoms with Gasteiger partial charge in [0.1, 0.15) is 0 Å². The Hall–Kier alpha value is -2.47. The second kappa shape index (κ2) is 6.80. The molecule has 8 nitrogen and oxygen atoms in total. The number of alkyl halides is 2. The fraction of sp³-hybridized carbons (Fsp3) is 0.471. The Labute approximate surface area is 165 Å². The normalized spacial score (nSPS) is 18.8. The van der Waals surface area contributed by atoms with E-state index in [0.29, 0.717) is 30.6 Å². The van der Waals surface area contributed by atoms with E-state index in [-0.39, 0.29) is 16.9 Å². The van der Waals surface area contributed by atoms with Gasteiger partial charge in [-0.3, -0.25) is 9.67 Å². The molecule has 2 aromatic heterocycles. The van der Waals surface area contributed by atoms with E-state index in [1.165, 1.54) is 4.68 Å². The quantitative estimate of drug-likeness (QED) is 0.782. The molecule has 0 aliphatic heterocycles. The van der Waals surface area contributed by atoms with Gasteiger partial charge in [0.05, 0.1) is 24.0 Å². The maximum absolute atomic E-state index is 14.0. The van der Waals surface area contributed by atoms with Crippen LogP contribution < -0.4 is 10.5 Å². The summed E-state index contributed by atoms with van der Waals surface area (Å²) in [5.41, 5.74) is 2.06. The molecule has 4 rings (SSSR count). The number of nitrogens with two attached hydrogens (primary N) is 1. The highest BCUT2D eigenvalue weighted by Gasteiger charge is 2.41. The van der Waals surface area contributed by atoms with Gasteiger partial charge in [0.15, 0.2) is 15.7 Å². The number of pyridine rings is 1. The Balaban J connectivity index is 1.70. The van der Waals surface area contributed by atoms with Gasteiger partial charge in [-0.1, -0.05) is 0 Å². The third-order valence-corrected chi connectivity index (χ3v) is 6.28. The number of nitrogens with one attached hydrogen (secondary N) is 1. The number of rotatable bonds is 3. The van der Waals surface area contributed by atoms with E-state index in [2.05, 4.69) is 19.8 Å². The highest BCUT2D eigenvalue weighted by atomic mass is 32.2. The van der Waals surface area contributed by atoms with E-state index in [1.807, 2.05) is 0 Å². The van der Waals surface area contributed by atoms with Crippen molar-refractivity contribution in [2.45, 2.75) is 56.5 Å². The molecular weight excluding hydrogens is 409 g/mol. The zero-order valence-electron chi connectivity index (χ0n) is 15.5. The van der Waals surface area contributed by atoms with Crippen LogP contribution in [0.25, 0.3) is 0 Å². The number of fused-ring (bicyclic) bond motifs is 2. The van der Waals surface area contributed by atoms with Crippen LogP contribution in [0.5, 0.6) is 0 Å². The first kappa shape index (κ1) is 19.8. The van der Waals surface area contributed by atoms with Gasteiger partial charge in [-0.15, -0.1) is 4.36 Å². The van der Waals surface area contributed by atoms with Gasteiger partial charge in [0.25, 0.3) is 5.92 Å². The summed E-state index contributed by atoms with van der Waals surface area (Å²) >= 11 is 0. The Morgan fingerprint density at radius 1 is 1.34 bits per heavy atom. The third kappa shape index (κ3) is 3.62. The molecule has 3 N–H and O–H groups in total. The number of carbonyl (C=O) groups excluding carboxylic acids is 1. The SMILES string of the molecule is CCn1cc(F)c(S(N)(=O)=NC(=O)Nc2c3c(nc4c2CC(F)(F)C4)CCC3)n1. The molecule has 0 saturated heterocycles. The van der Waals surface area contributed by atoms with Crippen LogP contribution >= 0.6 is 0 Å². The summed E-state index contributed by atoms with van der Waals surface area (Å²) in [4.78, 5) is 16.8. The van der Waals surface area contributed by atoms with Crippen molar-refractivity contribution < 1.29 is 22.2 Å². The molecule has 2 amide bonds. The van der Waals surface area contributed by atoms with E-state index < -0.39 is 45.6 Å².